The SMILES string of the molecule is CC(CO)NCC(O)CN1CCOCC1. The van der Waals surface area contributed by atoms with E-state index < -0.39 is 0 Å². The summed E-state index contributed by atoms with van der Waals surface area (Å²) in [5.41, 5.74) is 0. The lowest BCUT2D eigenvalue weighted by atomic mass is 10.2. The molecular formula is C10H22N2O3. The van der Waals surface area contributed by atoms with E-state index in [1.165, 1.54) is 0 Å². The Hall–Kier alpha value is -0.200. The number of β-amino-alcohol motifs (C(OH)–C–C–N with tert-alkyl or cyclic N) is 1. The fourth-order valence-electron chi connectivity index (χ4n) is 1.55. The van der Waals surface area contributed by atoms with E-state index in [1.807, 2.05) is 6.92 Å². The van der Waals surface area contributed by atoms with Crippen molar-refractivity contribution in [3.05, 3.63) is 0 Å². The Morgan fingerprint density at radius 3 is 2.67 bits per heavy atom. The first kappa shape index (κ1) is 12.9. The molecule has 5 heteroatoms. The predicted molar refractivity (Wildman–Crippen MR) is 57.8 cm³/mol. The van der Waals surface area contributed by atoms with Crippen LogP contribution in [-0.4, -0.2) is 73.3 Å². The first-order valence-corrected chi connectivity index (χ1v) is 5.54. The molecule has 0 aromatic rings. The van der Waals surface area contributed by atoms with E-state index >= 15 is 0 Å². The van der Waals surface area contributed by atoms with Crippen LogP contribution < -0.4 is 5.32 Å². The normalized spacial score (nSPS) is 22.6. The van der Waals surface area contributed by atoms with E-state index in [1.54, 1.807) is 0 Å². The van der Waals surface area contributed by atoms with Gasteiger partial charge in [0.1, 0.15) is 0 Å². The molecule has 0 radical (unpaired) electrons. The molecule has 1 aliphatic heterocycles. The van der Waals surface area contributed by atoms with Crippen LogP contribution in [0.2, 0.25) is 0 Å². The highest BCUT2D eigenvalue weighted by atomic mass is 16.5. The average Bonchev–Trinajstić information content (AvgIpc) is 2.27. The molecule has 0 bridgehead atoms. The van der Waals surface area contributed by atoms with Crippen LogP contribution in [0.1, 0.15) is 6.92 Å². The molecule has 0 amide bonds. The van der Waals surface area contributed by atoms with E-state index in [0.717, 1.165) is 26.3 Å². The van der Waals surface area contributed by atoms with Crippen LogP contribution in [0.15, 0.2) is 0 Å². The van der Waals surface area contributed by atoms with E-state index in [-0.39, 0.29) is 18.8 Å². The third kappa shape index (κ3) is 5.44. The third-order valence-electron chi connectivity index (χ3n) is 2.55. The highest BCUT2D eigenvalue weighted by Gasteiger charge is 2.14. The summed E-state index contributed by atoms with van der Waals surface area (Å²) >= 11 is 0. The molecular weight excluding hydrogens is 196 g/mol. The van der Waals surface area contributed by atoms with Gasteiger partial charge in [-0.05, 0) is 6.92 Å². The van der Waals surface area contributed by atoms with Crippen LogP contribution in [0.25, 0.3) is 0 Å². The molecule has 2 unspecified atom stereocenters. The van der Waals surface area contributed by atoms with Gasteiger partial charge in [0.25, 0.3) is 0 Å². The second-order valence-corrected chi connectivity index (χ2v) is 4.06. The van der Waals surface area contributed by atoms with Crippen LogP contribution in [0.5, 0.6) is 0 Å². The van der Waals surface area contributed by atoms with Crippen molar-refractivity contribution in [1.82, 2.24) is 10.2 Å². The number of aliphatic hydroxyl groups is 2. The zero-order chi connectivity index (χ0) is 11.1. The maximum absolute atomic E-state index is 9.72. The molecule has 1 heterocycles. The Labute approximate surface area is 91.0 Å². The van der Waals surface area contributed by atoms with Crippen LogP contribution in [0.3, 0.4) is 0 Å². The Morgan fingerprint density at radius 2 is 2.07 bits per heavy atom. The number of nitrogens with one attached hydrogen (secondary N) is 1. The number of nitrogens with zero attached hydrogens (tertiary/aromatic N) is 1. The number of hydrogen-bond acceptors (Lipinski definition) is 5. The van der Waals surface area contributed by atoms with Crippen LogP contribution in [-0.2, 0) is 4.74 Å². The average molecular weight is 218 g/mol. The standard InChI is InChI=1S/C10H22N2O3/c1-9(8-13)11-6-10(14)7-12-2-4-15-5-3-12/h9-11,13-14H,2-8H2,1H3. The summed E-state index contributed by atoms with van der Waals surface area (Å²) in [5.74, 6) is 0. The fourth-order valence-corrected chi connectivity index (χ4v) is 1.55. The fraction of sp³-hybridized carbons (Fsp3) is 1.00. The van der Waals surface area contributed by atoms with Gasteiger partial charge in [-0.2, -0.15) is 0 Å². The minimum absolute atomic E-state index is 0.0457. The summed E-state index contributed by atoms with van der Waals surface area (Å²) < 4.78 is 5.22. The van der Waals surface area contributed by atoms with Crippen molar-refractivity contribution in [2.75, 3.05) is 46.0 Å². The number of hydrogen-bond donors (Lipinski definition) is 3. The van der Waals surface area contributed by atoms with Crippen LogP contribution in [0, 0.1) is 0 Å². The summed E-state index contributed by atoms with van der Waals surface area (Å²) in [6, 6.07) is 0.0457. The first-order valence-electron chi connectivity index (χ1n) is 5.54. The Balaban J connectivity index is 2.08. The van der Waals surface area contributed by atoms with Gasteiger partial charge in [-0.3, -0.25) is 4.90 Å². The summed E-state index contributed by atoms with van der Waals surface area (Å²) in [6.07, 6.45) is -0.378. The highest BCUT2D eigenvalue weighted by molar-refractivity contribution is 4.70. The molecule has 0 aliphatic carbocycles. The van der Waals surface area contributed by atoms with Gasteiger partial charge in [-0.25, -0.2) is 0 Å². The Kier molecular flexibility index (Phi) is 6.12. The van der Waals surface area contributed by atoms with Gasteiger partial charge in [0, 0.05) is 32.2 Å². The quantitative estimate of drug-likeness (QED) is 0.514. The zero-order valence-corrected chi connectivity index (χ0v) is 9.35. The smallest absolute Gasteiger partial charge is 0.0791 e. The minimum atomic E-state index is -0.378. The molecule has 0 saturated carbocycles. The molecule has 15 heavy (non-hydrogen) atoms. The van der Waals surface area contributed by atoms with E-state index in [2.05, 4.69) is 10.2 Å². The molecule has 2 atom stereocenters. The molecule has 5 nitrogen and oxygen atoms in total. The van der Waals surface area contributed by atoms with Gasteiger partial charge in [0.2, 0.25) is 0 Å². The molecule has 0 aromatic heterocycles. The van der Waals surface area contributed by atoms with Gasteiger partial charge in [0.15, 0.2) is 0 Å². The molecule has 90 valence electrons. The van der Waals surface area contributed by atoms with Crippen molar-refractivity contribution in [1.29, 1.82) is 0 Å². The maximum Gasteiger partial charge on any atom is 0.0791 e. The molecule has 0 spiro atoms. The lowest BCUT2D eigenvalue weighted by Gasteiger charge is -2.28. The van der Waals surface area contributed by atoms with E-state index in [9.17, 15) is 5.11 Å². The van der Waals surface area contributed by atoms with Gasteiger partial charge >= 0.3 is 0 Å². The second kappa shape index (κ2) is 7.14. The van der Waals surface area contributed by atoms with Crippen LogP contribution >= 0.6 is 0 Å². The van der Waals surface area contributed by atoms with Crippen molar-refractivity contribution in [2.24, 2.45) is 0 Å². The first-order chi connectivity index (χ1) is 7.22. The highest BCUT2D eigenvalue weighted by Crippen LogP contribution is 1.98. The third-order valence-corrected chi connectivity index (χ3v) is 2.55. The monoisotopic (exact) mass is 218 g/mol. The minimum Gasteiger partial charge on any atom is -0.395 e. The van der Waals surface area contributed by atoms with Gasteiger partial charge < -0.3 is 20.3 Å². The lowest BCUT2D eigenvalue weighted by molar-refractivity contribution is 0.0142. The van der Waals surface area contributed by atoms with E-state index in [4.69, 9.17) is 9.84 Å². The molecule has 1 saturated heterocycles. The van der Waals surface area contributed by atoms with Crippen molar-refractivity contribution < 1.29 is 14.9 Å². The topological polar surface area (TPSA) is 65.0 Å². The lowest BCUT2D eigenvalue weighted by Crippen LogP contribution is -2.45. The van der Waals surface area contributed by atoms with Crippen LogP contribution in [0.4, 0.5) is 0 Å². The molecule has 1 aliphatic rings. The van der Waals surface area contributed by atoms with Gasteiger partial charge in [-0.15, -0.1) is 0 Å². The second-order valence-electron chi connectivity index (χ2n) is 4.06. The van der Waals surface area contributed by atoms with Crippen molar-refractivity contribution in [2.45, 2.75) is 19.1 Å². The number of rotatable bonds is 6. The largest absolute Gasteiger partial charge is 0.395 e. The van der Waals surface area contributed by atoms with E-state index in [0.29, 0.717) is 13.1 Å². The summed E-state index contributed by atoms with van der Waals surface area (Å²) in [4.78, 5) is 2.19. The molecule has 1 fully saturated rings. The number of ether oxygens (including phenoxy) is 1. The predicted octanol–water partition coefficient (Wildman–Crippen LogP) is -1.35. The maximum atomic E-state index is 9.72. The summed E-state index contributed by atoms with van der Waals surface area (Å²) in [5, 5.41) is 21.6. The number of aliphatic hydroxyl groups excluding tert-OH is 2. The Bertz CT molecular complexity index is 163. The molecule has 0 aromatic carbocycles. The Morgan fingerprint density at radius 1 is 1.40 bits per heavy atom. The van der Waals surface area contributed by atoms with Crippen molar-refractivity contribution >= 4 is 0 Å². The summed E-state index contributed by atoms with van der Waals surface area (Å²) in [7, 11) is 0. The van der Waals surface area contributed by atoms with Crippen molar-refractivity contribution in [3.8, 4) is 0 Å². The van der Waals surface area contributed by atoms with Gasteiger partial charge in [-0.1, -0.05) is 0 Å². The summed E-state index contributed by atoms with van der Waals surface area (Å²) in [6.45, 7) is 6.50. The molecule has 3 N–H and O–H groups in total. The molecule has 1 rings (SSSR count). The zero-order valence-electron chi connectivity index (χ0n) is 9.35. The van der Waals surface area contributed by atoms with Crippen molar-refractivity contribution in [3.63, 3.8) is 0 Å². The number of morpholine rings is 1. The van der Waals surface area contributed by atoms with Gasteiger partial charge in [0.05, 0.1) is 25.9 Å².